The topological polar surface area (TPSA) is 61.4 Å². The Morgan fingerprint density at radius 1 is 1.12 bits per heavy atom. The molecule has 0 saturated heterocycles. The van der Waals surface area contributed by atoms with Crippen LogP contribution in [0.2, 0.25) is 0 Å². The molecule has 0 aliphatic carbocycles. The molecule has 2 aromatic rings. The van der Waals surface area contributed by atoms with Crippen molar-refractivity contribution in [1.82, 2.24) is 5.43 Å². The highest BCUT2D eigenvalue weighted by molar-refractivity contribution is 6.03. The van der Waals surface area contributed by atoms with E-state index < -0.39 is 23.5 Å². The van der Waals surface area contributed by atoms with E-state index in [-0.39, 0.29) is 12.3 Å². The van der Waals surface area contributed by atoms with Crippen molar-refractivity contribution in [2.24, 2.45) is 5.92 Å². The molecule has 0 radical (unpaired) electrons. The second-order valence-corrected chi connectivity index (χ2v) is 6.04. The van der Waals surface area contributed by atoms with Gasteiger partial charge in [0.15, 0.2) is 0 Å². The van der Waals surface area contributed by atoms with Gasteiger partial charge < -0.3 is 0 Å². The normalized spacial score (nSPS) is 16.9. The molecule has 7 heteroatoms. The Morgan fingerprint density at radius 2 is 1.81 bits per heavy atom. The van der Waals surface area contributed by atoms with E-state index >= 15 is 0 Å². The minimum atomic E-state index is -0.472. The van der Waals surface area contributed by atoms with Gasteiger partial charge in [-0.15, -0.1) is 0 Å². The number of halogens is 2. The van der Waals surface area contributed by atoms with E-state index in [4.69, 9.17) is 0 Å². The maximum Gasteiger partial charge on any atom is 0.267 e. The lowest BCUT2D eigenvalue weighted by atomic mass is 9.96. The Kier molecular flexibility index (Phi) is 4.97. The molecule has 0 fully saturated rings. The Morgan fingerprint density at radius 3 is 2.50 bits per heavy atom. The van der Waals surface area contributed by atoms with E-state index in [2.05, 4.69) is 10.9 Å². The van der Waals surface area contributed by atoms with Gasteiger partial charge in [0, 0.05) is 17.7 Å². The molecule has 1 aliphatic heterocycles. The zero-order valence-corrected chi connectivity index (χ0v) is 14.0. The summed E-state index contributed by atoms with van der Waals surface area (Å²) in [4.78, 5) is 26.1. The lowest BCUT2D eigenvalue weighted by Crippen LogP contribution is -2.39. The molecule has 2 N–H and O–H groups in total. The molecule has 0 spiro atoms. The number of hydrogen-bond acceptors (Lipinski definition) is 3. The first-order chi connectivity index (χ1) is 12.4. The first kappa shape index (κ1) is 17.6. The monoisotopic (exact) mass is 357 g/mol. The summed E-state index contributed by atoms with van der Waals surface area (Å²) >= 11 is 0. The third-order valence-electron chi connectivity index (χ3n) is 3.99. The Balaban J connectivity index is 1.78. The first-order valence-corrected chi connectivity index (χ1v) is 8.05. The quantitative estimate of drug-likeness (QED) is 0.825. The summed E-state index contributed by atoms with van der Waals surface area (Å²) in [6, 6.07) is 11.2. The van der Waals surface area contributed by atoms with Crippen LogP contribution in [0.3, 0.4) is 0 Å². The second-order valence-electron chi connectivity index (χ2n) is 6.04. The summed E-state index contributed by atoms with van der Waals surface area (Å²) in [6.07, 6.45) is 1.65. The molecule has 3 rings (SSSR count). The van der Waals surface area contributed by atoms with Gasteiger partial charge in [0.05, 0.1) is 11.4 Å². The zero-order chi connectivity index (χ0) is 18.7. The minimum Gasteiger partial charge on any atom is -0.298 e. The van der Waals surface area contributed by atoms with Crippen molar-refractivity contribution in [1.29, 1.82) is 0 Å². The molecule has 26 heavy (non-hydrogen) atoms. The van der Waals surface area contributed by atoms with E-state index in [1.54, 1.807) is 19.1 Å². The molecule has 0 bridgehead atoms. The standard InChI is InChI=1S/C19H17F2N3O2/c1-12-8-13(18(25)23-22-16-6-2-4-14(20)9-16)11-24(19(12)26)17-7-3-5-15(21)10-17/h2-7,9-12,22H,8H2,1H3,(H,23,25). The number of benzene rings is 2. The van der Waals surface area contributed by atoms with Crippen LogP contribution in [-0.2, 0) is 9.59 Å². The van der Waals surface area contributed by atoms with Crippen molar-refractivity contribution in [2.45, 2.75) is 13.3 Å². The Hall–Kier alpha value is -3.22. The summed E-state index contributed by atoms with van der Waals surface area (Å²) in [5.74, 6) is -2.00. The number of nitrogens with one attached hydrogen (secondary N) is 2. The average molecular weight is 357 g/mol. The van der Waals surface area contributed by atoms with E-state index in [0.717, 1.165) is 0 Å². The van der Waals surface area contributed by atoms with Gasteiger partial charge in [0.2, 0.25) is 5.91 Å². The molecule has 1 unspecified atom stereocenters. The maximum atomic E-state index is 13.5. The van der Waals surface area contributed by atoms with Crippen molar-refractivity contribution in [3.8, 4) is 0 Å². The predicted octanol–water partition coefficient (Wildman–Crippen LogP) is 3.36. The van der Waals surface area contributed by atoms with E-state index in [1.165, 1.54) is 47.5 Å². The fraction of sp³-hybridized carbons (Fsp3) is 0.158. The maximum absolute atomic E-state index is 13.5. The molecule has 134 valence electrons. The Bertz CT molecular complexity index is 883. The van der Waals surface area contributed by atoms with E-state index in [1.807, 2.05) is 0 Å². The molecular formula is C19H17F2N3O2. The van der Waals surface area contributed by atoms with Crippen LogP contribution in [0.4, 0.5) is 20.2 Å². The lowest BCUT2D eigenvalue weighted by molar-refractivity contribution is -0.122. The third-order valence-corrected chi connectivity index (χ3v) is 3.99. The fourth-order valence-corrected chi connectivity index (χ4v) is 2.68. The number of hydrogen-bond donors (Lipinski definition) is 2. The number of nitrogens with zero attached hydrogens (tertiary/aromatic N) is 1. The Labute approximate surface area is 149 Å². The van der Waals surface area contributed by atoms with Gasteiger partial charge in [-0.05, 0) is 42.8 Å². The van der Waals surface area contributed by atoms with E-state index in [9.17, 15) is 18.4 Å². The van der Waals surface area contributed by atoms with E-state index in [0.29, 0.717) is 16.9 Å². The predicted molar refractivity (Wildman–Crippen MR) is 93.9 cm³/mol. The van der Waals surface area contributed by atoms with Crippen LogP contribution in [0, 0.1) is 17.6 Å². The second kappa shape index (κ2) is 7.35. The van der Waals surface area contributed by atoms with Crippen molar-refractivity contribution in [3.63, 3.8) is 0 Å². The van der Waals surface area contributed by atoms with Crippen LogP contribution in [-0.4, -0.2) is 11.8 Å². The summed E-state index contributed by atoms with van der Waals surface area (Å²) in [7, 11) is 0. The summed E-state index contributed by atoms with van der Waals surface area (Å²) in [5, 5.41) is 0. The van der Waals surface area contributed by atoms with Crippen LogP contribution in [0.1, 0.15) is 13.3 Å². The van der Waals surface area contributed by atoms with Crippen LogP contribution in [0.25, 0.3) is 0 Å². The SMILES string of the molecule is CC1CC(C(=O)NNc2cccc(F)c2)=CN(c2cccc(F)c2)C1=O. The molecule has 0 aromatic heterocycles. The van der Waals surface area contributed by atoms with Crippen LogP contribution in [0.5, 0.6) is 0 Å². The molecular weight excluding hydrogens is 340 g/mol. The van der Waals surface area contributed by atoms with Crippen molar-refractivity contribution >= 4 is 23.2 Å². The van der Waals surface area contributed by atoms with Gasteiger partial charge in [-0.3, -0.25) is 25.3 Å². The number of carbonyl (C=O) groups is 2. The molecule has 2 amide bonds. The highest BCUT2D eigenvalue weighted by Gasteiger charge is 2.29. The van der Waals surface area contributed by atoms with Gasteiger partial charge in [-0.25, -0.2) is 8.78 Å². The number of amides is 2. The van der Waals surface area contributed by atoms with Gasteiger partial charge in [0.25, 0.3) is 5.91 Å². The van der Waals surface area contributed by atoms with Gasteiger partial charge in [-0.1, -0.05) is 19.1 Å². The zero-order valence-electron chi connectivity index (χ0n) is 14.0. The lowest BCUT2D eigenvalue weighted by Gasteiger charge is -2.28. The molecule has 1 heterocycles. The molecule has 5 nitrogen and oxygen atoms in total. The van der Waals surface area contributed by atoms with Crippen LogP contribution >= 0.6 is 0 Å². The van der Waals surface area contributed by atoms with Crippen molar-refractivity contribution in [3.05, 3.63) is 71.9 Å². The largest absolute Gasteiger partial charge is 0.298 e. The number of rotatable bonds is 4. The molecule has 1 atom stereocenters. The number of anilines is 2. The molecule has 2 aromatic carbocycles. The smallest absolute Gasteiger partial charge is 0.267 e. The first-order valence-electron chi connectivity index (χ1n) is 8.05. The minimum absolute atomic E-state index is 0.217. The highest BCUT2D eigenvalue weighted by Crippen LogP contribution is 2.27. The van der Waals surface area contributed by atoms with Crippen LogP contribution < -0.4 is 15.8 Å². The number of hydrazine groups is 1. The molecule has 1 aliphatic rings. The highest BCUT2D eigenvalue weighted by atomic mass is 19.1. The summed E-state index contributed by atoms with van der Waals surface area (Å²) in [6.45, 7) is 1.70. The molecule has 0 saturated carbocycles. The third kappa shape index (κ3) is 3.88. The summed E-state index contributed by atoms with van der Waals surface area (Å²) in [5.41, 5.74) is 6.20. The summed E-state index contributed by atoms with van der Waals surface area (Å²) < 4.78 is 26.6. The van der Waals surface area contributed by atoms with Crippen molar-refractivity contribution in [2.75, 3.05) is 10.3 Å². The number of carbonyl (C=O) groups excluding carboxylic acids is 2. The average Bonchev–Trinajstić information content (AvgIpc) is 2.62. The van der Waals surface area contributed by atoms with Crippen molar-refractivity contribution < 1.29 is 18.4 Å². The van der Waals surface area contributed by atoms with Gasteiger partial charge >= 0.3 is 0 Å². The van der Waals surface area contributed by atoms with Gasteiger partial charge in [0.1, 0.15) is 11.6 Å². The van der Waals surface area contributed by atoms with Gasteiger partial charge in [-0.2, -0.15) is 0 Å². The fourth-order valence-electron chi connectivity index (χ4n) is 2.68. The van der Waals surface area contributed by atoms with Crippen LogP contribution in [0.15, 0.2) is 60.3 Å².